The molecule has 0 aromatic carbocycles. The third-order valence-corrected chi connectivity index (χ3v) is 3.54. The molecule has 2 rings (SSSR count). The molecule has 7 heteroatoms. The molecule has 0 atom stereocenters. The van der Waals surface area contributed by atoms with Crippen molar-refractivity contribution in [3.05, 3.63) is 45.4 Å². The molecule has 0 aliphatic heterocycles. The van der Waals surface area contributed by atoms with E-state index in [0.717, 1.165) is 6.54 Å². The van der Waals surface area contributed by atoms with Crippen molar-refractivity contribution in [1.29, 1.82) is 0 Å². The van der Waals surface area contributed by atoms with Crippen LogP contribution in [0.25, 0.3) is 0 Å². The highest BCUT2D eigenvalue weighted by Crippen LogP contribution is 2.20. The van der Waals surface area contributed by atoms with Crippen LogP contribution >= 0.6 is 27.5 Å². The minimum Gasteiger partial charge on any atom is -0.308 e. The van der Waals surface area contributed by atoms with Crippen molar-refractivity contribution in [2.45, 2.75) is 6.54 Å². The normalized spacial score (nSPS) is 11.1. The summed E-state index contributed by atoms with van der Waals surface area (Å²) in [5, 5.41) is 4.53. The van der Waals surface area contributed by atoms with Crippen LogP contribution in [-0.4, -0.2) is 46.1 Å². The zero-order valence-corrected chi connectivity index (χ0v) is 13.5. The van der Waals surface area contributed by atoms with Crippen LogP contribution in [0.15, 0.2) is 29.0 Å². The minimum absolute atomic E-state index is 0.127. The molecule has 2 aromatic rings. The first kappa shape index (κ1) is 15.2. The van der Waals surface area contributed by atoms with Crippen LogP contribution < -0.4 is 0 Å². The molecular weight excluding hydrogens is 344 g/mol. The summed E-state index contributed by atoms with van der Waals surface area (Å²) in [5.74, 6) is -0.127. The zero-order chi connectivity index (χ0) is 14.7. The van der Waals surface area contributed by atoms with Gasteiger partial charge in [-0.2, -0.15) is 5.10 Å². The summed E-state index contributed by atoms with van der Waals surface area (Å²) in [6.45, 7) is 1.43. The van der Waals surface area contributed by atoms with E-state index in [1.54, 1.807) is 23.0 Å². The summed E-state index contributed by atoms with van der Waals surface area (Å²) < 4.78 is 2.37. The Hall–Kier alpha value is -1.24. The van der Waals surface area contributed by atoms with Crippen molar-refractivity contribution in [3.63, 3.8) is 0 Å². The number of aromatic nitrogens is 3. The van der Waals surface area contributed by atoms with E-state index in [1.807, 2.05) is 19.0 Å². The highest BCUT2D eigenvalue weighted by molar-refractivity contribution is 9.10. The Kier molecular flexibility index (Phi) is 4.91. The Balaban J connectivity index is 2.32. The van der Waals surface area contributed by atoms with Crippen LogP contribution in [0.4, 0.5) is 0 Å². The molecule has 0 radical (unpaired) electrons. The molecule has 0 saturated heterocycles. The van der Waals surface area contributed by atoms with Crippen molar-refractivity contribution >= 4 is 33.3 Å². The maximum Gasteiger partial charge on any atom is 0.212 e. The van der Waals surface area contributed by atoms with Gasteiger partial charge in [0, 0.05) is 18.3 Å². The lowest BCUT2D eigenvalue weighted by molar-refractivity contribution is 0.102. The molecule has 0 N–H and O–H groups in total. The van der Waals surface area contributed by atoms with Crippen LogP contribution in [0.2, 0.25) is 5.15 Å². The number of likely N-dealkylation sites (N-methyl/N-ethyl adjacent to an activating group) is 1. The molecule has 20 heavy (non-hydrogen) atoms. The topological polar surface area (TPSA) is 51.0 Å². The standard InChI is InChI=1S/C13H14BrClN4O/c1-18(2)5-6-19-12(10(14)8-17-19)13(20)9-3-4-16-11(15)7-9/h3-4,7-8H,5-6H2,1-2H3. The van der Waals surface area contributed by atoms with Gasteiger partial charge in [-0.3, -0.25) is 9.48 Å². The lowest BCUT2D eigenvalue weighted by atomic mass is 10.1. The Morgan fingerprint density at radius 1 is 1.50 bits per heavy atom. The molecule has 0 aliphatic rings. The Bertz CT molecular complexity index is 627. The number of hydrogen-bond donors (Lipinski definition) is 0. The predicted octanol–water partition coefficient (Wildman–Crippen LogP) is 2.49. The van der Waals surface area contributed by atoms with Gasteiger partial charge in [0.15, 0.2) is 0 Å². The SMILES string of the molecule is CN(C)CCn1ncc(Br)c1C(=O)c1ccnc(Cl)c1. The maximum atomic E-state index is 12.6. The molecule has 0 bridgehead atoms. The molecule has 5 nitrogen and oxygen atoms in total. The third-order valence-electron chi connectivity index (χ3n) is 2.76. The third kappa shape index (κ3) is 3.45. The number of pyridine rings is 1. The molecule has 2 aromatic heterocycles. The monoisotopic (exact) mass is 356 g/mol. The highest BCUT2D eigenvalue weighted by atomic mass is 79.9. The molecular formula is C13H14BrClN4O. The number of nitrogens with zero attached hydrogens (tertiary/aromatic N) is 4. The fraction of sp³-hybridized carbons (Fsp3) is 0.308. The second-order valence-corrected chi connectivity index (χ2v) is 5.81. The summed E-state index contributed by atoms with van der Waals surface area (Å²) in [6, 6.07) is 3.20. The van der Waals surface area contributed by atoms with E-state index in [0.29, 0.717) is 27.4 Å². The predicted molar refractivity (Wildman–Crippen MR) is 81.2 cm³/mol. The molecule has 0 unspecified atom stereocenters. The maximum absolute atomic E-state index is 12.6. The highest BCUT2D eigenvalue weighted by Gasteiger charge is 2.19. The van der Waals surface area contributed by atoms with Gasteiger partial charge >= 0.3 is 0 Å². The molecule has 2 heterocycles. The average Bonchev–Trinajstić information content (AvgIpc) is 2.76. The molecule has 0 fully saturated rings. The molecule has 0 saturated carbocycles. The summed E-state index contributed by atoms with van der Waals surface area (Å²) in [4.78, 5) is 18.5. The van der Waals surface area contributed by atoms with E-state index in [9.17, 15) is 4.79 Å². The van der Waals surface area contributed by atoms with E-state index in [-0.39, 0.29) is 5.78 Å². The largest absolute Gasteiger partial charge is 0.308 e. The number of carbonyl (C=O) groups excluding carboxylic acids is 1. The van der Waals surface area contributed by atoms with Gasteiger partial charge in [0.1, 0.15) is 10.8 Å². The average molecular weight is 358 g/mol. The number of rotatable bonds is 5. The van der Waals surface area contributed by atoms with Crippen LogP contribution in [-0.2, 0) is 6.54 Å². The summed E-state index contributed by atoms with van der Waals surface area (Å²) >= 11 is 9.20. The van der Waals surface area contributed by atoms with Crippen molar-refractivity contribution in [1.82, 2.24) is 19.7 Å². The van der Waals surface area contributed by atoms with Gasteiger partial charge in [-0.25, -0.2) is 4.98 Å². The van der Waals surface area contributed by atoms with Crippen LogP contribution in [0.5, 0.6) is 0 Å². The molecule has 0 aliphatic carbocycles. The van der Waals surface area contributed by atoms with Crippen molar-refractivity contribution < 1.29 is 4.79 Å². The lowest BCUT2D eigenvalue weighted by Gasteiger charge is -2.11. The van der Waals surface area contributed by atoms with E-state index >= 15 is 0 Å². The Morgan fingerprint density at radius 2 is 2.25 bits per heavy atom. The summed E-state index contributed by atoms with van der Waals surface area (Å²) in [5.41, 5.74) is 1.02. The Morgan fingerprint density at radius 3 is 2.90 bits per heavy atom. The van der Waals surface area contributed by atoms with E-state index in [4.69, 9.17) is 11.6 Å². The summed E-state index contributed by atoms with van der Waals surface area (Å²) in [7, 11) is 3.95. The van der Waals surface area contributed by atoms with Gasteiger partial charge in [0.05, 0.1) is 17.2 Å². The van der Waals surface area contributed by atoms with Crippen molar-refractivity contribution in [2.24, 2.45) is 0 Å². The van der Waals surface area contributed by atoms with Gasteiger partial charge in [-0.1, -0.05) is 11.6 Å². The molecule has 0 amide bonds. The van der Waals surface area contributed by atoms with Crippen LogP contribution in [0, 0.1) is 0 Å². The van der Waals surface area contributed by atoms with E-state index < -0.39 is 0 Å². The van der Waals surface area contributed by atoms with Crippen molar-refractivity contribution in [3.8, 4) is 0 Å². The minimum atomic E-state index is -0.127. The fourth-order valence-electron chi connectivity index (χ4n) is 1.73. The smallest absolute Gasteiger partial charge is 0.212 e. The first-order valence-corrected chi connectivity index (χ1v) is 7.18. The number of ketones is 1. The van der Waals surface area contributed by atoms with Gasteiger partial charge in [0.2, 0.25) is 5.78 Å². The fourth-order valence-corrected chi connectivity index (χ4v) is 2.38. The van der Waals surface area contributed by atoms with Crippen LogP contribution in [0.1, 0.15) is 16.1 Å². The number of hydrogen-bond acceptors (Lipinski definition) is 4. The van der Waals surface area contributed by atoms with Gasteiger partial charge in [-0.15, -0.1) is 0 Å². The van der Waals surface area contributed by atoms with Crippen molar-refractivity contribution in [2.75, 3.05) is 20.6 Å². The van der Waals surface area contributed by atoms with E-state index in [2.05, 4.69) is 26.0 Å². The van der Waals surface area contributed by atoms with E-state index in [1.165, 1.54) is 6.20 Å². The summed E-state index contributed by atoms with van der Waals surface area (Å²) in [6.07, 6.45) is 3.15. The number of carbonyl (C=O) groups is 1. The second-order valence-electron chi connectivity index (χ2n) is 4.56. The van der Waals surface area contributed by atoms with Crippen LogP contribution in [0.3, 0.4) is 0 Å². The molecule has 0 spiro atoms. The second kappa shape index (κ2) is 6.47. The Labute approximate surface area is 130 Å². The quantitative estimate of drug-likeness (QED) is 0.609. The van der Waals surface area contributed by atoms with Gasteiger partial charge in [0.25, 0.3) is 0 Å². The molecule has 106 valence electrons. The number of halogens is 2. The zero-order valence-electron chi connectivity index (χ0n) is 11.2. The first-order valence-electron chi connectivity index (χ1n) is 6.01. The lowest BCUT2D eigenvalue weighted by Crippen LogP contribution is -2.21. The van der Waals surface area contributed by atoms with Gasteiger partial charge in [-0.05, 0) is 42.2 Å². The van der Waals surface area contributed by atoms with Gasteiger partial charge < -0.3 is 4.90 Å². The first-order chi connectivity index (χ1) is 9.49.